The van der Waals surface area contributed by atoms with Crippen molar-refractivity contribution in [1.82, 2.24) is 4.98 Å². The fourth-order valence-electron chi connectivity index (χ4n) is 1.61. The number of aromatic nitrogens is 1. The Hall–Kier alpha value is -2.14. The number of nitrogens with two attached hydrogens (primary N) is 1. The summed E-state index contributed by atoms with van der Waals surface area (Å²) in [6, 6.07) is 13.4. The van der Waals surface area contributed by atoms with E-state index in [2.05, 4.69) is 10.3 Å². The van der Waals surface area contributed by atoms with Gasteiger partial charge in [-0.05, 0) is 29.8 Å². The zero-order valence-electron chi connectivity index (χ0n) is 10.6. The maximum absolute atomic E-state index is 5.55. The second-order valence-corrected chi connectivity index (χ2v) is 4.41. The maximum Gasteiger partial charge on any atom is 0.127 e. The topological polar surface area (TPSA) is 60.2 Å². The summed E-state index contributed by atoms with van der Waals surface area (Å²) in [7, 11) is 1.65. The van der Waals surface area contributed by atoms with Crippen molar-refractivity contribution in [3.63, 3.8) is 0 Å². The van der Waals surface area contributed by atoms with E-state index >= 15 is 0 Å². The van der Waals surface area contributed by atoms with Gasteiger partial charge in [-0.2, -0.15) is 0 Å². The molecule has 0 atom stereocenters. The molecule has 0 aliphatic heterocycles. The number of nitrogens with one attached hydrogen (secondary N) is 1. The number of hydrogen-bond acceptors (Lipinski definition) is 4. The van der Waals surface area contributed by atoms with Crippen LogP contribution in [0.3, 0.4) is 0 Å². The summed E-state index contributed by atoms with van der Waals surface area (Å²) in [5, 5.41) is 3.23. The standard InChI is InChI=1S/C14H15N3OS/c1-18-11-7-5-10(6-8-11)9-16-13-4-2-3-12(17-13)14(15)19/h2-8H,9H2,1H3,(H2,15,19)(H,16,17). The summed E-state index contributed by atoms with van der Waals surface area (Å²) in [6.07, 6.45) is 0. The monoisotopic (exact) mass is 273 g/mol. The van der Waals surface area contributed by atoms with Gasteiger partial charge in [-0.15, -0.1) is 0 Å². The van der Waals surface area contributed by atoms with E-state index in [4.69, 9.17) is 22.7 Å². The molecule has 4 nitrogen and oxygen atoms in total. The highest BCUT2D eigenvalue weighted by Crippen LogP contribution is 2.13. The predicted molar refractivity (Wildman–Crippen MR) is 80.4 cm³/mol. The first-order chi connectivity index (χ1) is 9.19. The average molecular weight is 273 g/mol. The van der Waals surface area contributed by atoms with Gasteiger partial charge in [0.1, 0.15) is 16.6 Å². The number of ether oxygens (including phenoxy) is 1. The molecular formula is C14H15N3OS. The SMILES string of the molecule is COc1ccc(CNc2cccc(C(N)=S)n2)cc1. The largest absolute Gasteiger partial charge is 0.497 e. The number of benzene rings is 1. The van der Waals surface area contributed by atoms with E-state index in [0.717, 1.165) is 17.1 Å². The first kappa shape index (κ1) is 13.3. The molecule has 1 aromatic carbocycles. The molecule has 2 rings (SSSR count). The molecule has 98 valence electrons. The highest BCUT2D eigenvalue weighted by molar-refractivity contribution is 7.80. The van der Waals surface area contributed by atoms with Crippen LogP contribution in [0, 0.1) is 0 Å². The van der Waals surface area contributed by atoms with Crippen LogP contribution in [0.15, 0.2) is 42.5 Å². The van der Waals surface area contributed by atoms with E-state index in [1.807, 2.05) is 36.4 Å². The van der Waals surface area contributed by atoms with E-state index in [-0.39, 0.29) is 0 Å². The summed E-state index contributed by atoms with van der Waals surface area (Å²) >= 11 is 4.90. The minimum Gasteiger partial charge on any atom is -0.497 e. The fraction of sp³-hybridized carbons (Fsp3) is 0.143. The van der Waals surface area contributed by atoms with Crippen molar-refractivity contribution in [3.8, 4) is 5.75 Å². The highest BCUT2D eigenvalue weighted by Gasteiger charge is 2.00. The Morgan fingerprint density at radius 3 is 2.63 bits per heavy atom. The Labute approximate surface area is 117 Å². The molecule has 0 radical (unpaired) electrons. The van der Waals surface area contributed by atoms with Crippen molar-refractivity contribution < 1.29 is 4.74 Å². The van der Waals surface area contributed by atoms with Crippen molar-refractivity contribution in [2.45, 2.75) is 6.54 Å². The van der Waals surface area contributed by atoms with Gasteiger partial charge in [-0.25, -0.2) is 4.98 Å². The van der Waals surface area contributed by atoms with Gasteiger partial charge in [0.15, 0.2) is 0 Å². The molecule has 0 unspecified atom stereocenters. The second-order valence-electron chi connectivity index (χ2n) is 3.97. The van der Waals surface area contributed by atoms with Gasteiger partial charge in [0.05, 0.1) is 12.8 Å². The third kappa shape index (κ3) is 3.66. The Kier molecular flexibility index (Phi) is 4.30. The molecule has 1 heterocycles. The van der Waals surface area contributed by atoms with Crippen LogP contribution in [0.5, 0.6) is 5.75 Å². The predicted octanol–water partition coefficient (Wildman–Crippen LogP) is 2.34. The van der Waals surface area contributed by atoms with Crippen LogP contribution in [0.1, 0.15) is 11.3 Å². The van der Waals surface area contributed by atoms with Gasteiger partial charge in [0.25, 0.3) is 0 Å². The van der Waals surface area contributed by atoms with Gasteiger partial charge in [-0.3, -0.25) is 0 Å². The van der Waals surface area contributed by atoms with Crippen molar-refractivity contribution in [3.05, 3.63) is 53.7 Å². The summed E-state index contributed by atoms with van der Waals surface area (Å²) in [5.41, 5.74) is 7.31. The normalized spacial score (nSPS) is 9.95. The molecule has 0 bridgehead atoms. The smallest absolute Gasteiger partial charge is 0.127 e. The van der Waals surface area contributed by atoms with Crippen molar-refractivity contribution in [2.75, 3.05) is 12.4 Å². The number of pyridine rings is 1. The van der Waals surface area contributed by atoms with Gasteiger partial charge < -0.3 is 15.8 Å². The number of thiocarbonyl (C=S) groups is 1. The molecule has 0 aliphatic carbocycles. The van der Waals surface area contributed by atoms with Crippen molar-refractivity contribution in [2.24, 2.45) is 5.73 Å². The Bertz CT molecular complexity index is 569. The molecule has 2 aromatic rings. The maximum atomic E-state index is 5.55. The molecule has 0 amide bonds. The zero-order valence-corrected chi connectivity index (χ0v) is 11.4. The van der Waals surface area contributed by atoms with Crippen LogP contribution < -0.4 is 15.8 Å². The van der Waals surface area contributed by atoms with Crippen LogP contribution in [0.4, 0.5) is 5.82 Å². The summed E-state index contributed by atoms with van der Waals surface area (Å²) in [5.74, 6) is 1.60. The summed E-state index contributed by atoms with van der Waals surface area (Å²) in [4.78, 5) is 4.62. The summed E-state index contributed by atoms with van der Waals surface area (Å²) < 4.78 is 5.11. The average Bonchev–Trinajstić information content (AvgIpc) is 2.46. The zero-order chi connectivity index (χ0) is 13.7. The lowest BCUT2D eigenvalue weighted by atomic mass is 10.2. The van der Waals surface area contributed by atoms with Crippen molar-refractivity contribution >= 4 is 23.0 Å². The Morgan fingerprint density at radius 2 is 2.00 bits per heavy atom. The lowest BCUT2D eigenvalue weighted by molar-refractivity contribution is 0.414. The van der Waals surface area contributed by atoms with Gasteiger partial charge in [-0.1, -0.05) is 30.4 Å². The number of anilines is 1. The molecule has 19 heavy (non-hydrogen) atoms. The van der Waals surface area contributed by atoms with Crippen LogP contribution in [0.25, 0.3) is 0 Å². The third-order valence-corrected chi connectivity index (χ3v) is 2.84. The molecule has 0 saturated carbocycles. The fourth-order valence-corrected chi connectivity index (χ4v) is 1.72. The first-order valence-corrected chi connectivity index (χ1v) is 6.23. The molecule has 0 fully saturated rings. The van der Waals surface area contributed by atoms with Gasteiger partial charge >= 0.3 is 0 Å². The molecule has 3 N–H and O–H groups in total. The molecule has 5 heteroatoms. The Morgan fingerprint density at radius 1 is 1.26 bits per heavy atom. The second kappa shape index (κ2) is 6.15. The number of rotatable bonds is 5. The number of methoxy groups -OCH3 is 1. The minimum absolute atomic E-state index is 0.299. The molecule has 0 spiro atoms. The van der Waals surface area contributed by atoms with Gasteiger partial charge in [0.2, 0.25) is 0 Å². The molecule has 0 aliphatic rings. The van der Waals surface area contributed by atoms with Crippen LogP contribution >= 0.6 is 12.2 Å². The van der Waals surface area contributed by atoms with Crippen LogP contribution in [-0.2, 0) is 6.54 Å². The lowest BCUT2D eigenvalue weighted by Crippen LogP contribution is -2.12. The van der Waals surface area contributed by atoms with E-state index in [9.17, 15) is 0 Å². The minimum atomic E-state index is 0.299. The van der Waals surface area contributed by atoms with Crippen LogP contribution in [0.2, 0.25) is 0 Å². The number of hydrogen-bond donors (Lipinski definition) is 2. The van der Waals surface area contributed by atoms with Crippen LogP contribution in [-0.4, -0.2) is 17.1 Å². The third-order valence-electron chi connectivity index (χ3n) is 2.63. The van der Waals surface area contributed by atoms with E-state index in [0.29, 0.717) is 17.2 Å². The van der Waals surface area contributed by atoms with E-state index in [1.54, 1.807) is 13.2 Å². The number of nitrogens with zero attached hydrogens (tertiary/aromatic N) is 1. The Balaban J connectivity index is 2.01. The molecule has 0 saturated heterocycles. The van der Waals surface area contributed by atoms with E-state index < -0.39 is 0 Å². The van der Waals surface area contributed by atoms with Gasteiger partial charge in [0, 0.05) is 6.54 Å². The van der Waals surface area contributed by atoms with Crippen molar-refractivity contribution in [1.29, 1.82) is 0 Å². The highest BCUT2D eigenvalue weighted by atomic mass is 32.1. The first-order valence-electron chi connectivity index (χ1n) is 5.82. The van der Waals surface area contributed by atoms with E-state index in [1.165, 1.54) is 0 Å². The molecule has 1 aromatic heterocycles. The summed E-state index contributed by atoms with van der Waals surface area (Å²) in [6.45, 7) is 0.678. The lowest BCUT2D eigenvalue weighted by Gasteiger charge is -2.07. The molecular weight excluding hydrogens is 258 g/mol. The quantitative estimate of drug-likeness (QED) is 0.819.